The van der Waals surface area contributed by atoms with Crippen molar-refractivity contribution in [3.63, 3.8) is 0 Å². The van der Waals surface area contributed by atoms with E-state index in [4.69, 9.17) is 10.8 Å². The van der Waals surface area contributed by atoms with E-state index in [9.17, 15) is 14.4 Å². The highest BCUT2D eigenvalue weighted by Gasteiger charge is 2.22. The van der Waals surface area contributed by atoms with E-state index in [-0.39, 0.29) is 17.2 Å². The minimum absolute atomic E-state index is 0.0313. The summed E-state index contributed by atoms with van der Waals surface area (Å²) in [6.07, 6.45) is 0. The Morgan fingerprint density at radius 2 is 1.90 bits per heavy atom. The Balaban J connectivity index is 2.85. The summed E-state index contributed by atoms with van der Waals surface area (Å²) in [6.45, 7) is 3.49. The van der Waals surface area contributed by atoms with Crippen LogP contribution in [0, 0.1) is 5.92 Å². The van der Waals surface area contributed by atoms with Crippen LogP contribution >= 0.6 is 15.9 Å². The van der Waals surface area contributed by atoms with Crippen molar-refractivity contribution in [1.29, 1.82) is 0 Å². The number of rotatable bonds is 5. The van der Waals surface area contributed by atoms with Gasteiger partial charge in [-0.1, -0.05) is 13.8 Å². The van der Waals surface area contributed by atoms with E-state index in [0.29, 0.717) is 4.47 Å². The number of carboxylic acid groups (broad SMARTS) is 1. The molecule has 0 spiro atoms. The number of hydrogen-bond donors (Lipinski definition) is 4. The monoisotopic (exact) mass is 357 g/mol. The summed E-state index contributed by atoms with van der Waals surface area (Å²) in [5, 5.41) is 13.8. The number of carboxylic acids is 1. The second-order valence-corrected chi connectivity index (χ2v) is 5.58. The van der Waals surface area contributed by atoms with E-state index < -0.39 is 23.9 Å². The second kappa shape index (κ2) is 7.07. The largest absolute Gasteiger partial charge is 0.478 e. The zero-order valence-electron chi connectivity index (χ0n) is 11.5. The quantitative estimate of drug-likeness (QED) is 0.641. The zero-order valence-corrected chi connectivity index (χ0v) is 13.1. The van der Waals surface area contributed by atoms with E-state index in [2.05, 4.69) is 26.6 Å². The molecule has 0 bridgehead atoms. The van der Waals surface area contributed by atoms with Crippen LogP contribution in [0.25, 0.3) is 0 Å². The molecule has 5 N–H and O–H groups in total. The van der Waals surface area contributed by atoms with E-state index in [1.807, 2.05) is 0 Å². The van der Waals surface area contributed by atoms with E-state index in [0.717, 1.165) is 0 Å². The predicted octanol–water partition coefficient (Wildman–Crippen LogP) is 1.78. The average Bonchev–Trinajstić information content (AvgIpc) is 2.37. The molecular formula is C13H16BrN3O4. The maximum Gasteiger partial charge on any atom is 0.335 e. The van der Waals surface area contributed by atoms with E-state index in [1.165, 1.54) is 18.2 Å². The maximum atomic E-state index is 11.9. The highest BCUT2D eigenvalue weighted by atomic mass is 79.9. The Morgan fingerprint density at radius 1 is 1.29 bits per heavy atom. The summed E-state index contributed by atoms with van der Waals surface area (Å²) in [6, 6.07) is 2.76. The molecule has 0 aliphatic rings. The van der Waals surface area contributed by atoms with E-state index in [1.54, 1.807) is 13.8 Å². The first kappa shape index (κ1) is 17.0. The van der Waals surface area contributed by atoms with Gasteiger partial charge in [0.25, 0.3) is 0 Å². The third-order valence-electron chi connectivity index (χ3n) is 2.72. The number of benzene rings is 1. The number of primary amides is 1. The van der Waals surface area contributed by atoms with Gasteiger partial charge in [-0.25, -0.2) is 9.59 Å². The number of carbonyl (C=O) groups is 3. The smallest absolute Gasteiger partial charge is 0.335 e. The third kappa shape index (κ3) is 4.75. The standard InChI is InChI=1S/C13H16BrN3O4/c1-6(2)10(11(15)18)17-13(21)16-9-5-7(12(19)20)3-4-8(9)14/h3-6,10H,1-2H3,(H2,15,18)(H,19,20)(H2,16,17,21). The van der Waals surface area contributed by atoms with Crippen LogP contribution < -0.4 is 16.4 Å². The molecule has 0 aromatic heterocycles. The topological polar surface area (TPSA) is 122 Å². The molecule has 114 valence electrons. The molecule has 0 saturated heterocycles. The molecule has 1 atom stereocenters. The molecule has 1 aromatic rings. The minimum Gasteiger partial charge on any atom is -0.478 e. The van der Waals surface area contributed by atoms with Gasteiger partial charge >= 0.3 is 12.0 Å². The highest BCUT2D eigenvalue weighted by molar-refractivity contribution is 9.10. The summed E-state index contributed by atoms with van der Waals surface area (Å²) in [5.41, 5.74) is 5.51. The Bertz CT molecular complexity index is 575. The summed E-state index contributed by atoms with van der Waals surface area (Å²) in [7, 11) is 0. The van der Waals surface area contributed by atoms with Crippen molar-refractivity contribution in [2.24, 2.45) is 11.7 Å². The van der Waals surface area contributed by atoms with Gasteiger partial charge in [-0.2, -0.15) is 0 Å². The highest BCUT2D eigenvalue weighted by Crippen LogP contribution is 2.23. The molecule has 1 unspecified atom stereocenters. The fourth-order valence-electron chi connectivity index (χ4n) is 1.62. The number of anilines is 1. The number of amides is 3. The Kier molecular flexibility index (Phi) is 5.71. The van der Waals surface area contributed by atoms with Crippen molar-refractivity contribution >= 4 is 39.5 Å². The van der Waals surface area contributed by atoms with Gasteiger partial charge in [0.05, 0.1) is 11.3 Å². The second-order valence-electron chi connectivity index (χ2n) is 4.72. The predicted molar refractivity (Wildman–Crippen MR) is 81.1 cm³/mol. The van der Waals surface area contributed by atoms with Crippen molar-refractivity contribution in [3.8, 4) is 0 Å². The van der Waals surface area contributed by atoms with Gasteiger partial charge < -0.3 is 21.5 Å². The van der Waals surface area contributed by atoms with Crippen molar-refractivity contribution in [2.45, 2.75) is 19.9 Å². The van der Waals surface area contributed by atoms with E-state index >= 15 is 0 Å². The van der Waals surface area contributed by atoms with Gasteiger partial charge in [0.1, 0.15) is 6.04 Å². The molecule has 8 heteroatoms. The summed E-state index contributed by atoms with van der Waals surface area (Å²) < 4.78 is 0.517. The molecule has 0 saturated carbocycles. The van der Waals surface area contributed by atoms with Crippen molar-refractivity contribution < 1.29 is 19.5 Å². The number of nitrogens with one attached hydrogen (secondary N) is 2. The molecule has 3 amide bonds. The molecular weight excluding hydrogens is 342 g/mol. The van der Waals surface area contributed by atoms with Gasteiger partial charge in [-0.3, -0.25) is 4.79 Å². The maximum absolute atomic E-state index is 11.9. The lowest BCUT2D eigenvalue weighted by Gasteiger charge is -2.19. The molecule has 0 radical (unpaired) electrons. The number of carbonyl (C=O) groups excluding carboxylic acids is 2. The van der Waals surface area contributed by atoms with Crippen molar-refractivity contribution in [1.82, 2.24) is 5.32 Å². The summed E-state index contributed by atoms with van der Waals surface area (Å²) in [4.78, 5) is 34.0. The van der Waals surface area contributed by atoms with Crippen LogP contribution in [0.3, 0.4) is 0 Å². The Morgan fingerprint density at radius 3 is 2.38 bits per heavy atom. The molecule has 1 aromatic carbocycles. The van der Waals surface area contributed by atoms with Crippen molar-refractivity contribution in [2.75, 3.05) is 5.32 Å². The average molecular weight is 358 g/mol. The molecule has 0 aliphatic heterocycles. The van der Waals surface area contributed by atoms with Crippen LogP contribution in [0.1, 0.15) is 24.2 Å². The lowest BCUT2D eigenvalue weighted by molar-refractivity contribution is -0.120. The van der Waals surface area contributed by atoms with Crippen molar-refractivity contribution in [3.05, 3.63) is 28.2 Å². The number of aromatic carboxylic acids is 1. The summed E-state index contributed by atoms with van der Waals surface area (Å²) in [5.74, 6) is -1.91. The third-order valence-corrected chi connectivity index (χ3v) is 3.41. The Labute approximate surface area is 130 Å². The molecule has 21 heavy (non-hydrogen) atoms. The lowest BCUT2D eigenvalue weighted by Crippen LogP contribution is -2.49. The van der Waals surface area contributed by atoms with Gasteiger partial charge in [0.15, 0.2) is 0 Å². The van der Waals surface area contributed by atoms with Gasteiger partial charge in [0, 0.05) is 4.47 Å². The molecule has 0 heterocycles. The lowest BCUT2D eigenvalue weighted by atomic mass is 10.0. The first-order valence-corrected chi connectivity index (χ1v) is 6.91. The fourth-order valence-corrected chi connectivity index (χ4v) is 1.97. The molecule has 0 aliphatic carbocycles. The Hall–Kier alpha value is -2.09. The fraction of sp³-hybridized carbons (Fsp3) is 0.308. The SMILES string of the molecule is CC(C)C(NC(=O)Nc1cc(C(=O)O)ccc1Br)C(N)=O. The molecule has 7 nitrogen and oxygen atoms in total. The normalized spacial score (nSPS) is 11.8. The van der Waals surface area contributed by atoms with Gasteiger partial charge in [0.2, 0.25) is 5.91 Å². The first-order chi connectivity index (χ1) is 9.72. The van der Waals surface area contributed by atoms with Crippen LogP contribution in [-0.2, 0) is 4.79 Å². The van der Waals surface area contributed by atoms with Crippen LogP contribution in [0.5, 0.6) is 0 Å². The number of urea groups is 1. The first-order valence-electron chi connectivity index (χ1n) is 6.12. The van der Waals surface area contributed by atoms with Crippen LogP contribution in [0.4, 0.5) is 10.5 Å². The van der Waals surface area contributed by atoms with Crippen LogP contribution in [-0.4, -0.2) is 29.1 Å². The molecule has 1 rings (SSSR count). The zero-order chi connectivity index (χ0) is 16.2. The number of halogens is 1. The number of nitrogens with two attached hydrogens (primary N) is 1. The van der Waals surface area contributed by atoms with Crippen LogP contribution in [0.2, 0.25) is 0 Å². The van der Waals surface area contributed by atoms with Gasteiger partial charge in [-0.05, 0) is 40.0 Å². The van der Waals surface area contributed by atoms with Crippen LogP contribution in [0.15, 0.2) is 22.7 Å². The minimum atomic E-state index is -1.11. The summed E-state index contributed by atoms with van der Waals surface area (Å²) >= 11 is 3.21. The molecule has 0 fully saturated rings. The van der Waals surface area contributed by atoms with Gasteiger partial charge in [-0.15, -0.1) is 0 Å². The number of hydrogen-bond acceptors (Lipinski definition) is 3.